The Bertz CT molecular complexity index is 605. The maximum atomic E-state index is 13.7. The molecule has 98 valence electrons. The Balaban J connectivity index is 2.12. The number of hydrogen-bond donors (Lipinski definition) is 0. The van der Waals surface area contributed by atoms with Gasteiger partial charge in [-0.1, -0.05) is 13.0 Å². The van der Waals surface area contributed by atoms with Gasteiger partial charge in [-0.15, -0.1) is 0 Å². The Morgan fingerprint density at radius 3 is 2.63 bits per heavy atom. The molecule has 0 spiro atoms. The summed E-state index contributed by atoms with van der Waals surface area (Å²) < 4.78 is 27.5. The van der Waals surface area contributed by atoms with E-state index in [-0.39, 0.29) is 11.3 Å². The molecule has 4 heteroatoms. The Morgan fingerprint density at radius 2 is 1.89 bits per heavy atom. The normalized spacial score (nSPS) is 18.2. The lowest BCUT2D eigenvalue weighted by atomic mass is 9.88. The maximum absolute atomic E-state index is 13.7. The van der Waals surface area contributed by atoms with Crippen LogP contribution in [0.5, 0.6) is 0 Å². The van der Waals surface area contributed by atoms with Crippen LogP contribution in [0.15, 0.2) is 24.3 Å². The SMILES string of the molecule is CC1CCCc2cc(-c3c(F)cccc3F)nnc21. The third-order valence-electron chi connectivity index (χ3n) is 3.67. The van der Waals surface area contributed by atoms with E-state index >= 15 is 0 Å². The number of fused-ring (bicyclic) bond motifs is 1. The standard InChI is InChI=1S/C15H14F2N2/c1-9-4-2-5-10-8-13(18-19-15(9)10)14-11(16)6-3-7-12(14)17/h3,6-9H,2,4-5H2,1H3. The van der Waals surface area contributed by atoms with Gasteiger partial charge in [-0.25, -0.2) is 8.78 Å². The minimum Gasteiger partial charge on any atom is -0.206 e. The number of halogens is 2. The molecule has 1 heterocycles. The molecule has 0 bridgehead atoms. The molecule has 1 unspecified atom stereocenters. The summed E-state index contributed by atoms with van der Waals surface area (Å²) in [5.74, 6) is -0.827. The molecule has 1 aliphatic carbocycles. The summed E-state index contributed by atoms with van der Waals surface area (Å²) in [6, 6.07) is 5.60. The molecular weight excluding hydrogens is 246 g/mol. The molecule has 1 aromatic heterocycles. The minimum absolute atomic E-state index is 0.0870. The van der Waals surface area contributed by atoms with Crippen LogP contribution in [0.1, 0.15) is 36.9 Å². The molecule has 0 aliphatic heterocycles. The summed E-state index contributed by atoms with van der Waals surface area (Å²) >= 11 is 0. The molecule has 0 saturated carbocycles. The molecule has 0 saturated heterocycles. The summed E-state index contributed by atoms with van der Waals surface area (Å²) in [6.07, 6.45) is 3.08. The first-order chi connectivity index (χ1) is 9.16. The number of rotatable bonds is 1. The van der Waals surface area contributed by atoms with Gasteiger partial charge in [0.15, 0.2) is 0 Å². The van der Waals surface area contributed by atoms with Gasteiger partial charge in [0.1, 0.15) is 11.6 Å². The molecule has 0 amide bonds. The Morgan fingerprint density at radius 1 is 1.16 bits per heavy atom. The number of aryl methyl sites for hydroxylation is 1. The predicted octanol–water partition coefficient (Wildman–Crippen LogP) is 3.86. The van der Waals surface area contributed by atoms with Crippen molar-refractivity contribution in [3.05, 3.63) is 47.2 Å². The molecule has 1 aromatic carbocycles. The van der Waals surface area contributed by atoms with Gasteiger partial charge in [0.2, 0.25) is 0 Å². The average Bonchev–Trinajstić information content (AvgIpc) is 2.39. The fraction of sp³-hybridized carbons (Fsp3) is 0.333. The van der Waals surface area contributed by atoms with Crippen molar-refractivity contribution in [1.82, 2.24) is 10.2 Å². The topological polar surface area (TPSA) is 25.8 Å². The van der Waals surface area contributed by atoms with E-state index in [1.165, 1.54) is 18.2 Å². The zero-order valence-corrected chi connectivity index (χ0v) is 10.7. The molecule has 0 fully saturated rings. The highest BCUT2D eigenvalue weighted by Crippen LogP contribution is 2.32. The highest BCUT2D eigenvalue weighted by Gasteiger charge is 2.21. The van der Waals surface area contributed by atoms with E-state index in [1.807, 2.05) is 0 Å². The second-order valence-electron chi connectivity index (χ2n) is 5.03. The second-order valence-corrected chi connectivity index (χ2v) is 5.03. The predicted molar refractivity (Wildman–Crippen MR) is 68.7 cm³/mol. The molecule has 0 radical (unpaired) electrons. The Kier molecular flexibility index (Phi) is 3.01. The lowest BCUT2D eigenvalue weighted by Gasteiger charge is -2.20. The summed E-state index contributed by atoms with van der Waals surface area (Å²) in [5.41, 5.74) is 2.22. The molecule has 1 aliphatic rings. The van der Waals surface area contributed by atoms with Gasteiger partial charge < -0.3 is 0 Å². The van der Waals surface area contributed by atoms with Crippen LogP contribution in [0.2, 0.25) is 0 Å². The van der Waals surface area contributed by atoms with Crippen LogP contribution in [0.3, 0.4) is 0 Å². The number of benzene rings is 1. The number of hydrogen-bond acceptors (Lipinski definition) is 2. The van der Waals surface area contributed by atoms with Gasteiger partial charge in [0.05, 0.1) is 17.0 Å². The molecule has 1 atom stereocenters. The van der Waals surface area contributed by atoms with Gasteiger partial charge in [-0.05, 0) is 43.0 Å². The zero-order chi connectivity index (χ0) is 13.4. The van der Waals surface area contributed by atoms with Crippen molar-refractivity contribution in [2.24, 2.45) is 0 Å². The average molecular weight is 260 g/mol. The fourth-order valence-corrected chi connectivity index (χ4v) is 2.66. The Hall–Kier alpha value is -1.84. The van der Waals surface area contributed by atoms with E-state index in [0.717, 1.165) is 30.5 Å². The van der Waals surface area contributed by atoms with E-state index in [1.54, 1.807) is 6.07 Å². The van der Waals surface area contributed by atoms with Crippen LogP contribution in [0.4, 0.5) is 8.78 Å². The highest BCUT2D eigenvalue weighted by molar-refractivity contribution is 5.61. The van der Waals surface area contributed by atoms with Crippen LogP contribution < -0.4 is 0 Å². The third-order valence-corrected chi connectivity index (χ3v) is 3.67. The van der Waals surface area contributed by atoms with Gasteiger partial charge in [-0.2, -0.15) is 10.2 Å². The van der Waals surface area contributed by atoms with Gasteiger partial charge in [0, 0.05) is 5.92 Å². The number of nitrogens with zero attached hydrogens (tertiary/aromatic N) is 2. The largest absolute Gasteiger partial charge is 0.206 e. The van der Waals surface area contributed by atoms with E-state index in [4.69, 9.17) is 0 Å². The zero-order valence-electron chi connectivity index (χ0n) is 10.7. The van der Waals surface area contributed by atoms with Gasteiger partial charge >= 0.3 is 0 Å². The summed E-state index contributed by atoms with van der Waals surface area (Å²) in [6.45, 7) is 2.11. The van der Waals surface area contributed by atoms with Crippen LogP contribution in [0.25, 0.3) is 11.3 Å². The van der Waals surface area contributed by atoms with Crippen molar-refractivity contribution >= 4 is 0 Å². The maximum Gasteiger partial charge on any atom is 0.135 e. The first-order valence-electron chi connectivity index (χ1n) is 6.47. The summed E-state index contributed by atoms with van der Waals surface area (Å²) in [7, 11) is 0. The van der Waals surface area contributed by atoms with Crippen LogP contribution in [0, 0.1) is 11.6 Å². The summed E-state index contributed by atoms with van der Waals surface area (Å²) in [4.78, 5) is 0. The quantitative estimate of drug-likeness (QED) is 0.778. The second kappa shape index (κ2) is 4.68. The van der Waals surface area contributed by atoms with Crippen molar-refractivity contribution in [2.75, 3.05) is 0 Å². The highest BCUT2D eigenvalue weighted by atomic mass is 19.1. The van der Waals surface area contributed by atoms with Gasteiger partial charge in [-0.3, -0.25) is 0 Å². The van der Waals surface area contributed by atoms with E-state index < -0.39 is 11.6 Å². The molecular formula is C15H14F2N2. The summed E-state index contributed by atoms with van der Waals surface area (Å²) in [5, 5.41) is 8.18. The molecule has 2 aromatic rings. The molecule has 3 rings (SSSR count). The molecule has 2 nitrogen and oxygen atoms in total. The van der Waals surface area contributed by atoms with Crippen molar-refractivity contribution in [2.45, 2.75) is 32.1 Å². The lowest BCUT2D eigenvalue weighted by Crippen LogP contribution is -2.11. The number of aromatic nitrogens is 2. The third kappa shape index (κ3) is 2.11. The van der Waals surface area contributed by atoms with Gasteiger partial charge in [0.25, 0.3) is 0 Å². The molecule has 19 heavy (non-hydrogen) atoms. The minimum atomic E-state index is -0.599. The van der Waals surface area contributed by atoms with Crippen LogP contribution >= 0.6 is 0 Å². The fourth-order valence-electron chi connectivity index (χ4n) is 2.66. The smallest absolute Gasteiger partial charge is 0.135 e. The van der Waals surface area contributed by atoms with Crippen molar-refractivity contribution in [3.8, 4) is 11.3 Å². The lowest BCUT2D eigenvalue weighted by molar-refractivity contribution is 0.562. The first kappa shape index (κ1) is 12.2. The molecule has 0 N–H and O–H groups in total. The van der Waals surface area contributed by atoms with E-state index in [2.05, 4.69) is 17.1 Å². The van der Waals surface area contributed by atoms with E-state index in [0.29, 0.717) is 5.92 Å². The Labute approximate surface area is 110 Å². The van der Waals surface area contributed by atoms with Crippen molar-refractivity contribution in [1.29, 1.82) is 0 Å². The van der Waals surface area contributed by atoms with Crippen molar-refractivity contribution < 1.29 is 8.78 Å². The van der Waals surface area contributed by atoms with Crippen molar-refractivity contribution in [3.63, 3.8) is 0 Å². The first-order valence-corrected chi connectivity index (χ1v) is 6.47. The monoisotopic (exact) mass is 260 g/mol. The van der Waals surface area contributed by atoms with E-state index in [9.17, 15) is 8.78 Å². The van der Waals surface area contributed by atoms with Crippen LogP contribution in [-0.4, -0.2) is 10.2 Å². The van der Waals surface area contributed by atoms with Crippen LogP contribution in [-0.2, 0) is 6.42 Å².